The van der Waals surface area contributed by atoms with E-state index in [2.05, 4.69) is 20.9 Å². The number of thiazole rings is 1. The standard InChI is InChI=1S/C17H19N5O2S2/c1-11-9-12(2)22(21-11)10-16(24)20-19-15(23)7-8-25-17-18-13-5-3-4-6-14(13)26-17/h3-6,9H,7-8,10H2,1-2H3,(H,19,23)(H,20,24). The number of amides is 2. The number of carbonyl (C=O) groups excluding carboxylic acids is 2. The lowest BCUT2D eigenvalue weighted by Gasteiger charge is -2.08. The lowest BCUT2D eigenvalue weighted by atomic mass is 10.3. The third-order valence-electron chi connectivity index (χ3n) is 3.57. The number of hydrogen-bond acceptors (Lipinski definition) is 6. The van der Waals surface area contributed by atoms with Crippen molar-refractivity contribution in [2.45, 2.75) is 31.2 Å². The summed E-state index contributed by atoms with van der Waals surface area (Å²) < 4.78 is 3.67. The summed E-state index contributed by atoms with van der Waals surface area (Å²) in [5, 5.41) is 4.21. The number of aromatic nitrogens is 3. The number of thioether (sulfide) groups is 1. The van der Waals surface area contributed by atoms with Crippen LogP contribution in [0.3, 0.4) is 0 Å². The highest BCUT2D eigenvalue weighted by molar-refractivity contribution is 8.01. The van der Waals surface area contributed by atoms with Crippen LogP contribution >= 0.6 is 23.1 Å². The maximum absolute atomic E-state index is 11.9. The molecule has 3 rings (SSSR count). The van der Waals surface area contributed by atoms with Gasteiger partial charge in [0, 0.05) is 17.9 Å². The second-order valence-electron chi connectivity index (χ2n) is 5.73. The Bertz CT molecular complexity index is 901. The van der Waals surface area contributed by atoms with Crippen molar-refractivity contribution in [2.75, 3.05) is 5.75 Å². The fourth-order valence-electron chi connectivity index (χ4n) is 2.36. The molecule has 0 spiro atoms. The maximum Gasteiger partial charge on any atom is 0.260 e. The molecule has 0 saturated heterocycles. The average Bonchev–Trinajstić information content (AvgIpc) is 3.15. The summed E-state index contributed by atoms with van der Waals surface area (Å²) in [6, 6.07) is 9.84. The minimum absolute atomic E-state index is 0.0698. The number of rotatable bonds is 6. The van der Waals surface area contributed by atoms with Crippen molar-refractivity contribution in [3.8, 4) is 0 Å². The summed E-state index contributed by atoms with van der Waals surface area (Å²) in [5.41, 5.74) is 7.57. The molecule has 0 saturated carbocycles. The molecule has 2 heterocycles. The zero-order valence-electron chi connectivity index (χ0n) is 14.5. The normalized spacial score (nSPS) is 10.8. The molecule has 9 heteroatoms. The third kappa shape index (κ3) is 4.83. The minimum atomic E-state index is -0.316. The fourth-order valence-corrected chi connectivity index (χ4v) is 4.43. The smallest absolute Gasteiger partial charge is 0.260 e. The molecular weight excluding hydrogens is 370 g/mol. The van der Waals surface area contributed by atoms with E-state index in [-0.39, 0.29) is 18.4 Å². The number of fused-ring (bicyclic) bond motifs is 1. The highest BCUT2D eigenvalue weighted by Gasteiger charge is 2.09. The number of aryl methyl sites for hydroxylation is 2. The lowest BCUT2D eigenvalue weighted by Crippen LogP contribution is -2.43. The predicted octanol–water partition coefficient (Wildman–Crippen LogP) is 2.44. The second kappa shape index (κ2) is 8.33. The van der Waals surface area contributed by atoms with Crippen molar-refractivity contribution in [1.82, 2.24) is 25.6 Å². The summed E-state index contributed by atoms with van der Waals surface area (Å²) in [4.78, 5) is 28.2. The number of nitrogens with zero attached hydrogens (tertiary/aromatic N) is 3. The molecule has 3 aromatic rings. The second-order valence-corrected chi connectivity index (χ2v) is 8.10. The van der Waals surface area contributed by atoms with Crippen LogP contribution in [0.25, 0.3) is 10.2 Å². The van der Waals surface area contributed by atoms with Crippen LogP contribution < -0.4 is 10.9 Å². The van der Waals surface area contributed by atoms with Crippen LogP contribution in [0.5, 0.6) is 0 Å². The molecule has 2 N–H and O–H groups in total. The van der Waals surface area contributed by atoms with Gasteiger partial charge in [0.25, 0.3) is 5.91 Å². The van der Waals surface area contributed by atoms with Crippen LogP contribution in [0.15, 0.2) is 34.7 Å². The molecule has 2 amide bonds. The van der Waals surface area contributed by atoms with Crippen molar-refractivity contribution in [3.63, 3.8) is 0 Å². The molecule has 26 heavy (non-hydrogen) atoms. The first-order chi connectivity index (χ1) is 12.5. The van der Waals surface area contributed by atoms with Gasteiger partial charge in [-0.25, -0.2) is 4.98 Å². The maximum atomic E-state index is 11.9. The van der Waals surface area contributed by atoms with Crippen LogP contribution in [0.4, 0.5) is 0 Å². The first kappa shape index (κ1) is 18.4. The molecule has 0 unspecified atom stereocenters. The Hall–Kier alpha value is -2.39. The van der Waals surface area contributed by atoms with Gasteiger partial charge in [-0.3, -0.25) is 25.1 Å². The number of benzene rings is 1. The Kier molecular flexibility index (Phi) is 5.89. The number of hydrazine groups is 1. The molecule has 0 radical (unpaired) electrons. The quantitative estimate of drug-likeness (QED) is 0.499. The Morgan fingerprint density at radius 2 is 1.96 bits per heavy atom. The van der Waals surface area contributed by atoms with Gasteiger partial charge in [0.1, 0.15) is 6.54 Å². The number of para-hydroxylation sites is 1. The van der Waals surface area contributed by atoms with E-state index in [1.165, 1.54) is 11.8 Å². The zero-order chi connectivity index (χ0) is 18.5. The first-order valence-electron chi connectivity index (χ1n) is 8.08. The van der Waals surface area contributed by atoms with Crippen LogP contribution in [-0.4, -0.2) is 32.3 Å². The molecule has 0 bridgehead atoms. The molecule has 0 aliphatic carbocycles. The molecule has 0 aliphatic heterocycles. The van der Waals surface area contributed by atoms with Crippen LogP contribution in [0, 0.1) is 13.8 Å². The van der Waals surface area contributed by atoms with Gasteiger partial charge in [0.2, 0.25) is 5.91 Å². The van der Waals surface area contributed by atoms with Gasteiger partial charge in [-0.1, -0.05) is 23.9 Å². The SMILES string of the molecule is Cc1cc(C)n(CC(=O)NNC(=O)CCSc2nc3ccccc3s2)n1. The predicted molar refractivity (Wildman–Crippen MR) is 103 cm³/mol. The van der Waals surface area contributed by atoms with E-state index in [0.29, 0.717) is 12.2 Å². The summed E-state index contributed by atoms with van der Waals surface area (Å²) >= 11 is 3.15. The summed E-state index contributed by atoms with van der Waals surface area (Å²) in [7, 11) is 0. The van der Waals surface area contributed by atoms with Gasteiger partial charge >= 0.3 is 0 Å². The molecule has 0 fully saturated rings. The minimum Gasteiger partial charge on any atom is -0.273 e. The highest BCUT2D eigenvalue weighted by Crippen LogP contribution is 2.29. The molecule has 136 valence electrons. The number of hydrogen-bond donors (Lipinski definition) is 2. The van der Waals surface area contributed by atoms with Gasteiger partial charge < -0.3 is 0 Å². The Morgan fingerprint density at radius 1 is 1.19 bits per heavy atom. The molecule has 0 aliphatic rings. The molecule has 7 nitrogen and oxygen atoms in total. The van der Waals surface area contributed by atoms with E-state index >= 15 is 0 Å². The van der Waals surface area contributed by atoms with E-state index in [0.717, 1.165) is 25.9 Å². The molecular formula is C17H19N5O2S2. The zero-order valence-corrected chi connectivity index (χ0v) is 16.1. The highest BCUT2D eigenvalue weighted by atomic mass is 32.2. The van der Waals surface area contributed by atoms with E-state index in [1.54, 1.807) is 16.0 Å². The van der Waals surface area contributed by atoms with Crippen LogP contribution in [-0.2, 0) is 16.1 Å². The van der Waals surface area contributed by atoms with E-state index in [4.69, 9.17) is 0 Å². The molecule has 2 aromatic heterocycles. The fraction of sp³-hybridized carbons (Fsp3) is 0.294. The van der Waals surface area contributed by atoms with Crippen molar-refractivity contribution in [2.24, 2.45) is 0 Å². The van der Waals surface area contributed by atoms with Crippen LogP contribution in [0.2, 0.25) is 0 Å². The van der Waals surface area contributed by atoms with Crippen molar-refractivity contribution in [3.05, 3.63) is 41.7 Å². The largest absolute Gasteiger partial charge is 0.273 e. The van der Waals surface area contributed by atoms with Gasteiger partial charge in [0.15, 0.2) is 4.34 Å². The van der Waals surface area contributed by atoms with Crippen molar-refractivity contribution < 1.29 is 9.59 Å². The Balaban J connectivity index is 1.38. The van der Waals surface area contributed by atoms with Gasteiger partial charge in [0.05, 0.1) is 15.9 Å². The van der Waals surface area contributed by atoms with E-state index < -0.39 is 0 Å². The van der Waals surface area contributed by atoms with Gasteiger partial charge in [-0.05, 0) is 32.0 Å². The average molecular weight is 390 g/mol. The van der Waals surface area contributed by atoms with E-state index in [1.807, 2.05) is 44.2 Å². The van der Waals surface area contributed by atoms with Crippen LogP contribution in [0.1, 0.15) is 17.8 Å². The monoisotopic (exact) mass is 389 g/mol. The Labute approximate surface area is 159 Å². The summed E-state index contributed by atoms with van der Waals surface area (Å²) in [6.45, 7) is 3.82. The molecule has 1 aromatic carbocycles. The van der Waals surface area contributed by atoms with E-state index in [9.17, 15) is 9.59 Å². The summed E-state index contributed by atoms with van der Waals surface area (Å²) in [6.07, 6.45) is 0.292. The van der Waals surface area contributed by atoms with Gasteiger partial charge in [-0.2, -0.15) is 5.10 Å². The lowest BCUT2D eigenvalue weighted by molar-refractivity contribution is -0.129. The van der Waals surface area contributed by atoms with Gasteiger partial charge in [-0.15, -0.1) is 11.3 Å². The van der Waals surface area contributed by atoms with Crippen molar-refractivity contribution in [1.29, 1.82) is 0 Å². The first-order valence-corrected chi connectivity index (χ1v) is 9.88. The topological polar surface area (TPSA) is 88.9 Å². The third-order valence-corrected chi connectivity index (χ3v) is 5.75. The Morgan fingerprint density at radius 3 is 2.69 bits per heavy atom. The summed E-state index contributed by atoms with van der Waals surface area (Å²) in [5.74, 6) is 0.0441. The number of carbonyl (C=O) groups is 2. The molecule has 0 atom stereocenters. The van der Waals surface area contributed by atoms with Crippen molar-refractivity contribution >= 4 is 45.1 Å². The number of nitrogens with one attached hydrogen (secondary N) is 2.